The van der Waals surface area contributed by atoms with Crippen LogP contribution in [0.5, 0.6) is 0 Å². The second kappa shape index (κ2) is 6.19. The first-order valence-corrected chi connectivity index (χ1v) is 5.34. The predicted molar refractivity (Wildman–Crippen MR) is 66.4 cm³/mol. The van der Waals surface area contributed by atoms with Crippen LogP contribution < -0.4 is 5.32 Å². The maximum absolute atomic E-state index is 11.2. The number of halogens is 1. The molecular weight excluding hydrogens is 254 g/mol. The van der Waals surface area contributed by atoms with E-state index in [0.717, 1.165) is 10.0 Å². The second-order valence-electron chi connectivity index (χ2n) is 2.92. The first kappa shape index (κ1) is 11.7. The molecule has 1 aromatic carbocycles. The molecule has 0 bridgehead atoms. The summed E-state index contributed by atoms with van der Waals surface area (Å²) in [5.41, 5.74) is 0.993. The van der Waals surface area contributed by atoms with Gasteiger partial charge in [-0.15, -0.1) is 6.58 Å². The van der Waals surface area contributed by atoms with Gasteiger partial charge >= 0.3 is 0 Å². The van der Waals surface area contributed by atoms with Crippen LogP contribution in [0.2, 0.25) is 0 Å². The molecule has 0 aliphatic rings. The van der Waals surface area contributed by atoms with Crippen molar-refractivity contribution in [2.45, 2.75) is 0 Å². The summed E-state index contributed by atoms with van der Waals surface area (Å²) in [5.74, 6) is -0.113. The third kappa shape index (κ3) is 4.61. The van der Waals surface area contributed by atoms with Gasteiger partial charge in [-0.05, 0) is 23.8 Å². The van der Waals surface area contributed by atoms with Crippen molar-refractivity contribution in [2.75, 3.05) is 6.54 Å². The lowest BCUT2D eigenvalue weighted by Crippen LogP contribution is -2.20. The van der Waals surface area contributed by atoms with Crippen molar-refractivity contribution in [3.05, 3.63) is 53.0 Å². The fourth-order valence-electron chi connectivity index (χ4n) is 0.977. The van der Waals surface area contributed by atoms with E-state index in [4.69, 9.17) is 0 Å². The smallest absolute Gasteiger partial charge is 0.244 e. The molecule has 1 rings (SSSR count). The molecule has 0 fully saturated rings. The van der Waals surface area contributed by atoms with Crippen molar-refractivity contribution < 1.29 is 4.79 Å². The summed E-state index contributed by atoms with van der Waals surface area (Å²) >= 11 is 3.35. The molecule has 1 amide bonds. The zero-order valence-corrected chi connectivity index (χ0v) is 9.83. The van der Waals surface area contributed by atoms with Crippen molar-refractivity contribution in [2.24, 2.45) is 0 Å². The van der Waals surface area contributed by atoms with Gasteiger partial charge in [0.05, 0.1) is 0 Å². The van der Waals surface area contributed by atoms with Gasteiger partial charge in [-0.1, -0.05) is 34.1 Å². The molecule has 15 heavy (non-hydrogen) atoms. The van der Waals surface area contributed by atoms with E-state index in [1.807, 2.05) is 24.3 Å². The quantitative estimate of drug-likeness (QED) is 0.659. The van der Waals surface area contributed by atoms with Crippen LogP contribution in [0.3, 0.4) is 0 Å². The monoisotopic (exact) mass is 265 g/mol. The van der Waals surface area contributed by atoms with Crippen LogP contribution in [-0.4, -0.2) is 12.5 Å². The Bertz CT molecular complexity index is 368. The Kier molecular flexibility index (Phi) is 4.84. The van der Waals surface area contributed by atoms with Crippen molar-refractivity contribution in [1.82, 2.24) is 5.32 Å². The van der Waals surface area contributed by atoms with Crippen LogP contribution in [0.4, 0.5) is 0 Å². The lowest BCUT2D eigenvalue weighted by Gasteiger charge is -1.96. The number of hydrogen-bond donors (Lipinski definition) is 1. The minimum atomic E-state index is -0.113. The first-order chi connectivity index (χ1) is 7.22. The molecule has 3 heteroatoms. The number of carbonyl (C=O) groups excluding carboxylic acids is 1. The van der Waals surface area contributed by atoms with Gasteiger partial charge in [-0.25, -0.2) is 0 Å². The molecule has 0 radical (unpaired) electrons. The Morgan fingerprint density at radius 2 is 2.07 bits per heavy atom. The van der Waals surface area contributed by atoms with Crippen LogP contribution in [-0.2, 0) is 4.79 Å². The SMILES string of the molecule is C=CCNC(=O)/C=C/c1ccc(Br)cc1. The summed E-state index contributed by atoms with van der Waals surface area (Å²) < 4.78 is 1.02. The normalized spacial score (nSPS) is 10.2. The number of carbonyl (C=O) groups is 1. The van der Waals surface area contributed by atoms with Gasteiger partial charge in [0.25, 0.3) is 0 Å². The summed E-state index contributed by atoms with van der Waals surface area (Å²) in [6.45, 7) is 4.01. The lowest BCUT2D eigenvalue weighted by molar-refractivity contribution is -0.116. The number of hydrogen-bond acceptors (Lipinski definition) is 1. The van der Waals surface area contributed by atoms with E-state index in [1.165, 1.54) is 6.08 Å². The van der Waals surface area contributed by atoms with E-state index in [1.54, 1.807) is 12.2 Å². The van der Waals surface area contributed by atoms with Gasteiger partial charge in [0.15, 0.2) is 0 Å². The van der Waals surface area contributed by atoms with E-state index in [-0.39, 0.29) is 5.91 Å². The molecule has 1 N–H and O–H groups in total. The summed E-state index contributed by atoms with van der Waals surface area (Å²) in [7, 11) is 0. The second-order valence-corrected chi connectivity index (χ2v) is 3.83. The molecule has 0 saturated carbocycles. The molecule has 0 unspecified atom stereocenters. The number of nitrogens with one attached hydrogen (secondary N) is 1. The highest BCUT2D eigenvalue weighted by Gasteiger charge is 1.92. The number of amides is 1. The Labute approximate surface area is 97.8 Å². The average molecular weight is 266 g/mol. The van der Waals surface area contributed by atoms with Crippen LogP contribution in [0.25, 0.3) is 6.08 Å². The number of benzene rings is 1. The third-order valence-electron chi connectivity index (χ3n) is 1.72. The maximum Gasteiger partial charge on any atom is 0.244 e. The first-order valence-electron chi connectivity index (χ1n) is 4.55. The highest BCUT2D eigenvalue weighted by molar-refractivity contribution is 9.10. The molecule has 0 spiro atoms. The number of rotatable bonds is 4. The molecule has 78 valence electrons. The van der Waals surface area contributed by atoms with Gasteiger partial charge in [-0.2, -0.15) is 0 Å². The molecule has 0 aliphatic carbocycles. The van der Waals surface area contributed by atoms with Gasteiger partial charge < -0.3 is 5.32 Å². The maximum atomic E-state index is 11.2. The van der Waals surface area contributed by atoms with Gasteiger partial charge in [0.1, 0.15) is 0 Å². The molecule has 0 heterocycles. The highest BCUT2D eigenvalue weighted by atomic mass is 79.9. The fraction of sp³-hybridized carbons (Fsp3) is 0.0833. The Balaban J connectivity index is 2.53. The standard InChI is InChI=1S/C12H12BrNO/c1-2-9-14-12(15)8-5-10-3-6-11(13)7-4-10/h2-8H,1,9H2,(H,14,15)/b8-5+. The zero-order valence-electron chi connectivity index (χ0n) is 8.24. The Morgan fingerprint density at radius 3 is 2.67 bits per heavy atom. The molecule has 0 aliphatic heterocycles. The van der Waals surface area contributed by atoms with Gasteiger partial charge in [0.2, 0.25) is 5.91 Å². The predicted octanol–water partition coefficient (Wildman–Crippen LogP) is 2.76. The lowest BCUT2D eigenvalue weighted by atomic mass is 10.2. The van der Waals surface area contributed by atoms with E-state index < -0.39 is 0 Å². The van der Waals surface area contributed by atoms with E-state index in [9.17, 15) is 4.79 Å². The van der Waals surface area contributed by atoms with Crippen LogP contribution in [0, 0.1) is 0 Å². The fourth-order valence-corrected chi connectivity index (χ4v) is 1.24. The van der Waals surface area contributed by atoms with Gasteiger partial charge in [0, 0.05) is 17.1 Å². The third-order valence-corrected chi connectivity index (χ3v) is 2.25. The molecule has 0 saturated heterocycles. The summed E-state index contributed by atoms with van der Waals surface area (Å²) in [4.78, 5) is 11.2. The van der Waals surface area contributed by atoms with Crippen molar-refractivity contribution in [3.63, 3.8) is 0 Å². The van der Waals surface area contributed by atoms with Crippen molar-refractivity contribution >= 4 is 27.9 Å². The zero-order chi connectivity index (χ0) is 11.1. The largest absolute Gasteiger partial charge is 0.349 e. The molecule has 0 atom stereocenters. The van der Waals surface area contributed by atoms with E-state index in [0.29, 0.717) is 6.54 Å². The van der Waals surface area contributed by atoms with Crippen molar-refractivity contribution in [3.8, 4) is 0 Å². The van der Waals surface area contributed by atoms with E-state index in [2.05, 4.69) is 27.8 Å². The minimum absolute atomic E-state index is 0.113. The van der Waals surface area contributed by atoms with Crippen LogP contribution in [0.15, 0.2) is 47.5 Å². The minimum Gasteiger partial charge on any atom is -0.349 e. The summed E-state index contributed by atoms with van der Waals surface area (Å²) in [5, 5.41) is 2.66. The van der Waals surface area contributed by atoms with Crippen molar-refractivity contribution in [1.29, 1.82) is 0 Å². The van der Waals surface area contributed by atoms with Gasteiger partial charge in [-0.3, -0.25) is 4.79 Å². The molecule has 0 aromatic heterocycles. The topological polar surface area (TPSA) is 29.1 Å². The average Bonchev–Trinajstić information content (AvgIpc) is 2.25. The molecule has 1 aromatic rings. The van der Waals surface area contributed by atoms with Crippen LogP contribution >= 0.6 is 15.9 Å². The Morgan fingerprint density at radius 1 is 1.40 bits per heavy atom. The highest BCUT2D eigenvalue weighted by Crippen LogP contribution is 2.11. The Hall–Kier alpha value is -1.35. The molecule has 2 nitrogen and oxygen atoms in total. The van der Waals surface area contributed by atoms with E-state index >= 15 is 0 Å². The molecular formula is C12H12BrNO. The summed E-state index contributed by atoms with van der Waals surface area (Å²) in [6, 6.07) is 7.73. The van der Waals surface area contributed by atoms with Crippen LogP contribution in [0.1, 0.15) is 5.56 Å². The summed E-state index contributed by atoms with van der Waals surface area (Å²) in [6.07, 6.45) is 4.92.